The van der Waals surface area contributed by atoms with E-state index in [0.29, 0.717) is 26.1 Å². The first-order valence-corrected chi connectivity index (χ1v) is 10.8. The van der Waals surface area contributed by atoms with Gasteiger partial charge in [0, 0.05) is 43.1 Å². The molecule has 2 aliphatic rings. The number of esters is 1. The molecule has 0 N–H and O–H groups in total. The molecule has 0 radical (unpaired) electrons. The molecule has 0 unspecified atom stereocenters. The fourth-order valence-corrected chi connectivity index (χ4v) is 4.09. The minimum absolute atomic E-state index is 0.0554. The summed E-state index contributed by atoms with van der Waals surface area (Å²) in [5.74, 6) is 6.21. The Hall–Kier alpha value is -3.40. The maximum atomic E-state index is 12.7. The van der Waals surface area contributed by atoms with Crippen LogP contribution < -0.4 is 4.90 Å². The summed E-state index contributed by atoms with van der Waals surface area (Å²) in [7, 11) is 0. The molecule has 2 aromatic rings. The number of nitrogens with zero attached hydrogens (tertiary/aromatic N) is 4. The summed E-state index contributed by atoms with van der Waals surface area (Å²) in [5.41, 5.74) is 2.79. The minimum atomic E-state index is -0.190. The van der Waals surface area contributed by atoms with Crippen LogP contribution in [0.2, 0.25) is 0 Å². The molecule has 1 amide bonds. The highest BCUT2D eigenvalue weighted by atomic mass is 16.5. The van der Waals surface area contributed by atoms with Gasteiger partial charge in [0.15, 0.2) is 0 Å². The maximum absolute atomic E-state index is 12.7. The molecular formula is C24H26N4O3. The molecule has 0 aliphatic carbocycles. The molecule has 7 heteroatoms. The Morgan fingerprint density at radius 2 is 1.90 bits per heavy atom. The lowest BCUT2D eigenvalue weighted by Gasteiger charge is -2.35. The highest BCUT2D eigenvalue weighted by molar-refractivity contribution is 5.94. The summed E-state index contributed by atoms with van der Waals surface area (Å²) in [5, 5.41) is 0. The standard InChI is InChI=1S/C24H26N4O3/c1-2-31-24(30)19-10-13-27(14-11-19)23-20-16-28(15-12-21(20)25-17-26-23)22(29)9-8-18-6-4-3-5-7-18/h3-7,17,19H,2,10-16H2,1H3. The van der Waals surface area contributed by atoms with Crippen molar-refractivity contribution in [3.63, 3.8) is 0 Å². The van der Waals surface area contributed by atoms with E-state index in [0.717, 1.165) is 48.6 Å². The minimum Gasteiger partial charge on any atom is -0.466 e. The average Bonchev–Trinajstić information content (AvgIpc) is 2.82. The number of amides is 1. The molecule has 1 aromatic heterocycles. The summed E-state index contributed by atoms with van der Waals surface area (Å²) in [6.45, 7) is 4.75. The van der Waals surface area contributed by atoms with Crippen molar-refractivity contribution in [1.29, 1.82) is 0 Å². The van der Waals surface area contributed by atoms with E-state index in [2.05, 4.69) is 26.7 Å². The van der Waals surface area contributed by atoms with Gasteiger partial charge < -0.3 is 14.5 Å². The van der Waals surface area contributed by atoms with Crippen molar-refractivity contribution in [2.24, 2.45) is 5.92 Å². The van der Waals surface area contributed by atoms with Crippen molar-refractivity contribution in [3.05, 3.63) is 53.5 Å². The van der Waals surface area contributed by atoms with Gasteiger partial charge in [0.05, 0.1) is 24.8 Å². The van der Waals surface area contributed by atoms with Crippen LogP contribution in [0.5, 0.6) is 0 Å². The van der Waals surface area contributed by atoms with Gasteiger partial charge in [-0.25, -0.2) is 9.97 Å². The van der Waals surface area contributed by atoms with Gasteiger partial charge in [-0.1, -0.05) is 24.1 Å². The van der Waals surface area contributed by atoms with Gasteiger partial charge in [-0.15, -0.1) is 0 Å². The molecule has 4 rings (SSSR count). The van der Waals surface area contributed by atoms with E-state index in [9.17, 15) is 9.59 Å². The van der Waals surface area contributed by atoms with Crippen molar-refractivity contribution < 1.29 is 14.3 Å². The lowest BCUT2D eigenvalue weighted by molar-refractivity contribution is -0.148. The van der Waals surface area contributed by atoms with Gasteiger partial charge in [-0.3, -0.25) is 9.59 Å². The second-order valence-corrected chi connectivity index (χ2v) is 7.73. The first-order chi connectivity index (χ1) is 15.2. The van der Waals surface area contributed by atoms with Gasteiger partial charge >= 0.3 is 5.97 Å². The molecule has 0 bridgehead atoms. The molecule has 1 aromatic carbocycles. The van der Waals surface area contributed by atoms with Gasteiger partial charge in [0.25, 0.3) is 5.91 Å². The Morgan fingerprint density at radius 1 is 1.13 bits per heavy atom. The van der Waals surface area contributed by atoms with E-state index in [1.165, 1.54) is 0 Å². The molecule has 7 nitrogen and oxygen atoms in total. The lowest BCUT2D eigenvalue weighted by atomic mass is 9.96. The Morgan fingerprint density at radius 3 is 2.65 bits per heavy atom. The summed E-state index contributed by atoms with van der Waals surface area (Å²) in [6, 6.07) is 9.50. The fraction of sp³-hybridized carbons (Fsp3) is 0.417. The van der Waals surface area contributed by atoms with Crippen molar-refractivity contribution in [2.75, 3.05) is 31.1 Å². The third-order valence-corrected chi connectivity index (χ3v) is 5.77. The summed E-state index contributed by atoms with van der Waals surface area (Å²) in [6.07, 6.45) is 3.76. The van der Waals surface area contributed by atoms with Crippen molar-refractivity contribution in [2.45, 2.75) is 32.7 Å². The van der Waals surface area contributed by atoms with Gasteiger partial charge in [-0.05, 0) is 31.9 Å². The molecule has 1 saturated heterocycles. The van der Waals surface area contributed by atoms with Crippen LogP contribution in [0.25, 0.3) is 0 Å². The smallest absolute Gasteiger partial charge is 0.309 e. The molecule has 0 atom stereocenters. The number of hydrogen-bond donors (Lipinski definition) is 0. The topological polar surface area (TPSA) is 75.6 Å². The number of rotatable bonds is 3. The highest BCUT2D eigenvalue weighted by Gasteiger charge is 2.30. The maximum Gasteiger partial charge on any atom is 0.309 e. The van der Waals surface area contributed by atoms with Crippen LogP contribution in [0, 0.1) is 17.8 Å². The Bertz CT molecular complexity index is 1000. The van der Waals surface area contributed by atoms with Gasteiger partial charge in [0.1, 0.15) is 12.1 Å². The number of carbonyl (C=O) groups is 2. The molecule has 160 valence electrons. The molecule has 2 aliphatic heterocycles. The van der Waals surface area contributed by atoms with Gasteiger partial charge in [0.2, 0.25) is 0 Å². The monoisotopic (exact) mass is 418 g/mol. The van der Waals surface area contributed by atoms with E-state index in [1.807, 2.05) is 37.3 Å². The predicted molar refractivity (Wildman–Crippen MR) is 116 cm³/mol. The number of carbonyl (C=O) groups excluding carboxylic acids is 2. The summed E-state index contributed by atoms with van der Waals surface area (Å²) < 4.78 is 5.17. The van der Waals surface area contributed by atoms with Crippen molar-refractivity contribution in [1.82, 2.24) is 14.9 Å². The van der Waals surface area contributed by atoms with Crippen LogP contribution in [-0.2, 0) is 27.3 Å². The zero-order chi connectivity index (χ0) is 21.6. The third kappa shape index (κ3) is 4.85. The first kappa shape index (κ1) is 20.9. The fourth-order valence-electron chi connectivity index (χ4n) is 4.09. The number of aromatic nitrogens is 2. The predicted octanol–water partition coefficient (Wildman–Crippen LogP) is 2.19. The number of ether oxygens (including phenoxy) is 1. The third-order valence-electron chi connectivity index (χ3n) is 5.77. The normalized spacial score (nSPS) is 16.2. The first-order valence-electron chi connectivity index (χ1n) is 10.8. The van der Waals surface area contributed by atoms with Crippen LogP contribution in [0.4, 0.5) is 5.82 Å². The zero-order valence-corrected chi connectivity index (χ0v) is 17.7. The largest absolute Gasteiger partial charge is 0.466 e. The van der Waals surface area contributed by atoms with Crippen LogP contribution >= 0.6 is 0 Å². The van der Waals surface area contributed by atoms with Crippen LogP contribution in [0.1, 0.15) is 36.6 Å². The molecule has 3 heterocycles. The Balaban J connectivity index is 1.46. The van der Waals surface area contributed by atoms with Crippen LogP contribution in [0.3, 0.4) is 0 Å². The molecule has 0 spiro atoms. The second kappa shape index (κ2) is 9.61. The molecular weight excluding hydrogens is 392 g/mol. The van der Waals surface area contributed by atoms with E-state index in [4.69, 9.17) is 4.74 Å². The number of hydrogen-bond acceptors (Lipinski definition) is 6. The zero-order valence-electron chi connectivity index (χ0n) is 17.7. The molecule has 31 heavy (non-hydrogen) atoms. The summed E-state index contributed by atoms with van der Waals surface area (Å²) >= 11 is 0. The van der Waals surface area contributed by atoms with E-state index in [-0.39, 0.29) is 17.8 Å². The van der Waals surface area contributed by atoms with E-state index in [1.54, 1.807) is 11.2 Å². The van der Waals surface area contributed by atoms with E-state index >= 15 is 0 Å². The van der Waals surface area contributed by atoms with E-state index < -0.39 is 0 Å². The number of anilines is 1. The van der Waals surface area contributed by atoms with Crippen LogP contribution in [-0.4, -0.2) is 53.0 Å². The van der Waals surface area contributed by atoms with Gasteiger partial charge in [-0.2, -0.15) is 0 Å². The summed E-state index contributed by atoms with van der Waals surface area (Å²) in [4.78, 5) is 37.7. The van der Waals surface area contributed by atoms with Crippen molar-refractivity contribution >= 4 is 17.7 Å². The highest BCUT2D eigenvalue weighted by Crippen LogP contribution is 2.29. The Kier molecular flexibility index (Phi) is 6.46. The lowest BCUT2D eigenvalue weighted by Crippen LogP contribution is -2.40. The molecule has 1 fully saturated rings. The molecule has 0 saturated carbocycles. The number of benzene rings is 1. The van der Waals surface area contributed by atoms with Crippen LogP contribution in [0.15, 0.2) is 36.7 Å². The Labute approximate surface area is 182 Å². The number of fused-ring (bicyclic) bond motifs is 1. The quantitative estimate of drug-likeness (QED) is 0.562. The number of piperidine rings is 1. The van der Waals surface area contributed by atoms with Crippen molar-refractivity contribution in [3.8, 4) is 11.8 Å². The average molecular weight is 418 g/mol. The second-order valence-electron chi connectivity index (χ2n) is 7.73. The SMILES string of the molecule is CCOC(=O)C1CCN(c2ncnc3c2CN(C(=O)C#Cc2ccccc2)CC3)CC1.